The second-order valence-corrected chi connectivity index (χ2v) is 3.54. The lowest BCUT2D eigenvalue weighted by atomic mass is 10.0. The molecule has 0 amide bonds. The third kappa shape index (κ3) is 3.38. The molecule has 0 saturated heterocycles. The fourth-order valence-corrected chi connectivity index (χ4v) is 1.60. The van der Waals surface area contributed by atoms with Crippen LogP contribution >= 0.6 is 11.6 Å². The van der Waals surface area contributed by atoms with E-state index >= 15 is 0 Å². The molecule has 0 bridgehead atoms. The van der Waals surface area contributed by atoms with Crippen LogP contribution in [-0.2, 0) is 0 Å². The summed E-state index contributed by atoms with van der Waals surface area (Å²) in [7, 11) is 1.44. The van der Waals surface area contributed by atoms with Gasteiger partial charge < -0.3 is 4.74 Å². The van der Waals surface area contributed by atoms with E-state index in [1.54, 1.807) is 6.07 Å². The molecule has 1 aromatic carbocycles. The lowest BCUT2D eigenvalue weighted by Crippen LogP contribution is -1.97. The molecule has 0 saturated carbocycles. The van der Waals surface area contributed by atoms with Crippen molar-refractivity contribution >= 4 is 11.6 Å². The monoisotopic (exact) mass is 232 g/mol. The molecule has 1 nitrogen and oxygen atoms in total. The van der Waals surface area contributed by atoms with Gasteiger partial charge in [0.1, 0.15) is 0 Å². The van der Waals surface area contributed by atoms with E-state index in [1.807, 2.05) is 27.7 Å². The number of ether oxygens (including phenoxy) is 1. The van der Waals surface area contributed by atoms with Crippen LogP contribution in [0.2, 0.25) is 5.02 Å². The average Bonchev–Trinajstić information content (AvgIpc) is 2.20. The first-order chi connectivity index (χ1) is 7.07. The SMILES string of the molecule is CC.COc1ccc(Cl)c(C(C)C)c1F. The van der Waals surface area contributed by atoms with Crippen LogP contribution in [0.4, 0.5) is 4.39 Å². The minimum absolute atomic E-state index is 0.0580. The number of halogens is 2. The molecule has 15 heavy (non-hydrogen) atoms. The second kappa shape index (κ2) is 6.67. The molecule has 0 aliphatic carbocycles. The van der Waals surface area contributed by atoms with Crippen molar-refractivity contribution in [2.45, 2.75) is 33.6 Å². The van der Waals surface area contributed by atoms with E-state index in [-0.39, 0.29) is 17.5 Å². The summed E-state index contributed by atoms with van der Waals surface area (Å²) < 4.78 is 18.4. The molecule has 0 spiro atoms. The topological polar surface area (TPSA) is 9.23 Å². The third-order valence-electron chi connectivity index (χ3n) is 1.89. The Hall–Kier alpha value is -0.760. The first-order valence-corrected chi connectivity index (χ1v) is 5.47. The summed E-state index contributed by atoms with van der Waals surface area (Å²) in [5.41, 5.74) is 0.515. The molecule has 0 N–H and O–H groups in total. The maximum absolute atomic E-state index is 13.6. The minimum Gasteiger partial charge on any atom is -0.494 e. The third-order valence-corrected chi connectivity index (χ3v) is 2.22. The Morgan fingerprint density at radius 3 is 2.20 bits per heavy atom. The van der Waals surface area contributed by atoms with Gasteiger partial charge in [0.05, 0.1) is 7.11 Å². The van der Waals surface area contributed by atoms with Crippen LogP contribution in [0.1, 0.15) is 39.2 Å². The van der Waals surface area contributed by atoms with E-state index in [2.05, 4.69) is 0 Å². The number of methoxy groups -OCH3 is 1. The maximum atomic E-state index is 13.6. The molecule has 0 aliphatic heterocycles. The lowest BCUT2D eigenvalue weighted by Gasteiger charge is -2.11. The molecule has 0 unspecified atom stereocenters. The smallest absolute Gasteiger partial charge is 0.169 e. The molecule has 0 aromatic heterocycles. The van der Waals surface area contributed by atoms with Crippen molar-refractivity contribution in [1.29, 1.82) is 0 Å². The van der Waals surface area contributed by atoms with Crippen LogP contribution in [0.5, 0.6) is 5.75 Å². The Morgan fingerprint density at radius 1 is 1.27 bits per heavy atom. The molecule has 0 heterocycles. The van der Waals surface area contributed by atoms with E-state index < -0.39 is 0 Å². The fraction of sp³-hybridized carbons (Fsp3) is 0.500. The van der Waals surface area contributed by atoms with Gasteiger partial charge >= 0.3 is 0 Å². The summed E-state index contributed by atoms with van der Waals surface area (Å²) >= 11 is 5.86. The molecule has 0 atom stereocenters. The predicted octanol–water partition coefficient (Wildman–Crippen LogP) is 4.64. The summed E-state index contributed by atoms with van der Waals surface area (Å²) in [5, 5.41) is 0.452. The average molecular weight is 233 g/mol. The highest BCUT2D eigenvalue weighted by molar-refractivity contribution is 6.31. The zero-order valence-electron chi connectivity index (χ0n) is 9.90. The van der Waals surface area contributed by atoms with Crippen molar-refractivity contribution in [3.63, 3.8) is 0 Å². The standard InChI is InChI=1S/C10H12ClFO.C2H6/c1-6(2)9-7(11)4-5-8(13-3)10(9)12;1-2/h4-6H,1-3H3;1-2H3. The minimum atomic E-state index is -0.356. The van der Waals surface area contributed by atoms with Gasteiger partial charge in [0, 0.05) is 10.6 Å². The summed E-state index contributed by atoms with van der Waals surface area (Å²) in [6, 6.07) is 3.18. The van der Waals surface area contributed by atoms with Crippen LogP contribution in [0, 0.1) is 5.82 Å². The molecule has 0 radical (unpaired) electrons. The summed E-state index contributed by atoms with van der Waals surface area (Å²) in [4.78, 5) is 0. The van der Waals surface area contributed by atoms with Crippen LogP contribution in [-0.4, -0.2) is 7.11 Å². The molecule has 3 heteroatoms. The Balaban J connectivity index is 0.000000921. The summed E-state index contributed by atoms with van der Waals surface area (Å²) in [6.07, 6.45) is 0. The second-order valence-electron chi connectivity index (χ2n) is 3.13. The van der Waals surface area contributed by atoms with E-state index in [4.69, 9.17) is 16.3 Å². The predicted molar refractivity (Wildman–Crippen MR) is 63.4 cm³/mol. The van der Waals surface area contributed by atoms with Gasteiger partial charge in [-0.3, -0.25) is 0 Å². The number of hydrogen-bond acceptors (Lipinski definition) is 1. The largest absolute Gasteiger partial charge is 0.494 e. The van der Waals surface area contributed by atoms with Gasteiger partial charge in [-0.15, -0.1) is 0 Å². The molecule has 0 fully saturated rings. The Labute approximate surface area is 96.2 Å². The number of benzene rings is 1. The zero-order valence-corrected chi connectivity index (χ0v) is 10.7. The van der Waals surface area contributed by atoms with Gasteiger partial charge in [0.2, 0.25) is 0 Å². The normalized spacial score (nSPS) is 9.60. The molecule has 86 valence electrons. The highest BCUT2D eigenvalue weighted by Crippen LogP contribution is 2.32. The summed E-state index contributed by atoms with van der Waals surface area (Å²) in [5.74, 6) is -0.0549. The molecular formula is C12H18ClFO. The quantitative estimate of drug-likeness (QED) is 0.722. The molecule has 1 rings (SSSR count). The van der Waals surface area contributed by atoms with Gasteiger partial charge in [0.25, 0.3) is 0 Å². The number of hydrogen-bond donors (Lipinski definition) is 0. The maximum Gasteiger partial charge on any atom is 0.169 e. The van der Waals surface area contributed by atoms with Gasteiger partial charge in [-0.1, -0.05) is 39.3 Å². The van der Waals surface area contributed by atoms with E-state index in [0.29, 0.717) is 10.6 Å². The van der Waals surface area contributed by atoms with Crippen molar-refractivity contribution in [3.05, 3.63) is 28.5 Å². The molecule has 0 aliphatic rings. The molecule has 1 aromatic rings. The lowest BCUT2D eigenvalue weighted by molar-refractivity contribution is 0.383. The van der Waals surface area contributed by atoms with Crippen LogP contribution in [0.3, 0.4) is 0 Å². The Kier molecular flexibility index (Phi) is 6.34. The van der Waals surface area contributed by atoms with Crippen molar-refractivity contribution in [1.82, 2.24) is 0 Å². The Bertz CT molecular complexity index is 311. The van der Waals surface area contributed by atoms with Crippen molar-refractivity contribution < 1.29 is 9.13 Å². The van der Waals surface area contributed by atoms with Crippen molar-refractivity contribution in [2.24, 2.45) is 0 Å². The highest BCUT2D eigenvalue weighted by Gasteiger charge is 2.15. The van der Waals surface area contributed by atoms with Gasteiger partial charge in [0.15, 0.2) is 11.6 Å². The van der Waals surface area contributed by atoms with Crippen LogP contribution in [0.15, 0.2) is 12.1 Å². The van der Waals surface area contributed by atoms with Gasteiger partial charge in [-0.05, 0) is 18.1 Å². The summed E-state index contributed by atoms with van der Waals surface area (Å²) in [6.45, 7) is 7.79. The van der Waals surface area contributed by atoms with Crippen LogP contribution < -0.4 is 4.74 Å². The first-order valence-electron chi connectivity index (χ1n) is 5.09. The van der Waals surface area contributed by atoms with E-state index in [9.17, 15) is 4.39 Å². The Morgan fingerprint density at radius 2 is 1.80 bits per heavy atom. The first kappa shape index (κ1) is 14.2. The van der Waals surface area contributed by atoms with Gasteiger partial charge in [-0.2, -0.15) is 0 Å². The van der Waals surface area contributed by atoms with Crippen LogP contribution in [0.25, 0.3) is 0 Å². The van der Waals surface area contributed by atoms with E-state index in [1.165, 1.54) is 13.2 Å². The highest BCUT2D eigenvalue weighted by atomic mass is 35.5. The van der Waals surface area contributed by atoms with Crippen molar-refractivity contribution in [3.8, 4) is 5.75 Å². The fourth-order valence-electron chi connectivity index (χ4n) is 1.24. The molecular weight excluding hydrogens is 215 g/mol. The van der Waals surface area contributed by atoms with Crippen molar-refractivity contribution in [2.75, 3.05) is 7.11 Å². The van der Waals surface area contributed by atoms with Gasteiger partial charge in [-0.25, -0.2) is 4.39 Å². The zero-order chi connectivity index (χ0) is 12.0. The van der Waals surface area contributed by atoms with E-state index in [0.717, 1.165) is 0 Å². The number of rotatable bonds is 2.